The lowest BCUT2D eigenvalue weighted by molar-refractivity contribution is 0.102. The van der Waals surface area contributed by atoms with E-state index in [1.165, 1.54) is 0 Å². The quantitative estimate of drug-likeness (QED) is 0.860. The summed E-state index contributed by atoms with van der Waals surface area (Å²) in [5.74, 6) is 0.322. The maximum absolute atomic E-state index is 12.3. The SMILES string of the molecule is CCOc1ccccc1C(=O)Nc1cccc(Cl)c1Br. The third-order valence-electron chi connectivity index (χ3n) is 2.63. The molecule has 0 aliphatic rings. The topological polar surface area (TPSA) is 38.3 Å². The summed E-state index contributed by atoms with van der Waals surface area (Å²) < 4.78 is 6.11. The van der Waals surface area contributed by atoms with Crippen LogP contribution in [0.1, 0.15) is 17.3 Å². The van der Waals surface area contributed by atoms with Gasteiger partial charge in [0.05, 0.1) is 27.4 Å². The Morgan fingerprint density at radius 3 is 2.75 bits per heavy atom. The summed E-state index contributed by atoms with van der Waals surface area (Å²) in [6.45, 7) is 2.38. The second-order valence-corrected chi connectivity index (χ2v) is 5.18. The predicted octanol–water partition coefficient (Wildman–Crippen LogP) is 4.75. The summed E-state index contributed by atoms with van der Waals surface area (Å²) in [6.07, 6.45) is 0. The molecule has 0 fully saturated rings. The van der Waals surface area contributed by atoms with Crippen LogP contribution in [0.2, 0.25) is 5.02 Å². The Kier molecular flexibility index (Phi) is 5.04. The van der Waals surface area contributed by atoms with E-state index in [4.69, 9.17) is 16.3 Å². The minimum atomic E-state index is -0.239. The Balaban J connectivity index is 2.26. The van der Waals surface area contributed by atoms with Crippen LogP contribution in [0.3, 0.4) is 0 Å². The van der Waals surface area contributed by atoms with Crippen LogP contribution >= 0.6 is 27.5 Å². The minimum Gasteiger partial charge on any atom is -0.493 e. The van der Waals surface area contributed by atoms with Gasteiger partial charge in [-0.3, -0.25) is 4.79 Å². The van der Waals surface area contributed by atoms with Crippen molar-refractivity contribution in [1.82, 2.24) is 0 Å². The molecule has 0 saturated carbocycles. The van der Waals surface area contributed by atoms with Crippen LogP contribution in [0.5, 0.6) is 5.75 Å². The number of benzene rings is 2. The predicted molar refractivity (Wildman–Crippen MR) is 84.7 cm³/mol. The molecule has 104 valence electrons. The van der Waals surface area contributed by atoms with Crippen LogP contribution in [0.25, 0.3) is 0 Å². The molecule has 0 atom stereocenters. The van der Waals surface area contributed by atoms with Gasteiger partial charge in [0, 0.05) is 0 Å². The number of carbonyl (C=O) groups excluding carboxylic acids is 1. The Morgan fingerprint density at radius 1 is 1.25 bits per heavy atom. The molecule has 0 radical (unpaired) electrons. The molecule has 3 nitrogen and oxygen atoms in total. The van der Waals surface area contributed by atoms with Gasteiger partial charge in [-0.05, 0) is 47.1 Å². The van der Waals surface area contributed by atoms with Crippen molar-refractivity contribution in [2.24, 2.45) is 0 Å². The second kappa shape index (κ2) is 6.77. The zero-order valence-corrected chi connectivity index (χ0v) is 13.2. The highest BCUT2D eigenvalue weighted by atomic mass is 79.9. The second-order valence-electron chi connectivity index (χ2n) is 3.98. The first-order valence-corrected chi connectivity index (χ1v) is 7.27. The Morgan fingerprint density at radius 2 is 2.00 bits per heavy atom. The lowest BCUT2D eigenvalue weighted by atomic mass is 10.2. The summed E-state index contributed by atoms with van der Waals surface area (Å²) in [6, 6.07) is 12.4. The van der Waals surface area contributed by atoms with Gasteiger partial charge in [0.25, 0.3) is 5.91 Å². The monoisotopic (exact) mass is 353 g/mol. The van der Waals surface area contributed by atoms with Crippen molar-refractivity contribution in [1.29, 1.82) is 0 Å². The molecule has 0 aliphatic carbocycles. The summed E-state index contributed by atoms with van der Waals surface area (Å²) in [4.78, 5) is 12.3. The number of hydrogen-bond donors (Lipinski definition) is 1. The zero-order chi connectivity index (χ0) is 14.5. The maximum atomic E-state index is 12.3. The van der Waals surface area contributed by atoms with Crippen molar-refractivity contribution in [3.8, 4) is 5.75 Å². The lowest BCUT2D eigenvalue weighted by Gasteiger charge is -2.11. The van der Waals surface area contributed by atoms with E-state index in [0.29, 0.717) is 33.1 Å². The highest BCUT2D eigenvalue weighted by Crippen LogP contribution is 2.30. The molecule has 1 N–H and O–H groups in total. The van der Waals surface area contributed by atoms with Crippen molar-refractivity contribution in [2.45, 2.75) is 6.92 Å². The van der Waals surface area contributed by atoms with Gasteiger partial charge in [0.2, 0.25) is 0 Å². The molecule has 0 unspecified atom stereocenters. The van der Waals surface area contributed by atoms with Gasteiger partial charge in [-0.1, -0.05) is 29.8 Å². The highest BCUT2D eigenvalue weighted by molar-refractivity contribution is 9.10. The first-order valence-electron chi connectivity index (χ1n) is 6.10. The first kappa shape index (κ1) is 14.9. The number of halogens is 2. The van der Waals surface area contributed by atoms with Crippen LogP contribution in [0.4, 0.5) is 5.69 Å². The Bertz CT molecular complexity index is 631. The number of carbonyl (C=O) groups is 1. The van der Waals surface area contributed by atoms with E-state index < -0.39 is 0 Å². The number of para-hydroxylation sites is 1. The standard InChI is InChI=1S/C15H13BrClNO2/c1-2-20-13-9-4-3-6-10(13)15(19)18-12-8-5-7-11(17)14(12)16/h3-9H,2H2,1H3,(H,18,19). The summed E-state index contributed by atoms with van der Waals surface area (Å²) >= 11 is 9.35. The van der Waals surface area contributed by atoms with E-state index in [9.17, 15) is 4.79 Å². The number of ether oxygens (including phenoxy) is 1. The van der Waals surface area contributed by atoms with Crippen LogP contribution < -0.4 is 10.1 Å². The van der Waals surface area contributed by atoms with E-state index in [0.717, 1.165) is 0 Å². The maximum Gasteiger partial charge on any atom is 0.259 e. The Labute approximate surface area is 131 Å². The van der Waals surface area contributed by atoms with Crippen molar-refractivity contribution in [2.75, 3.05) is 11.9 Å². The van der Waals surface area contributed by atoms with E-state index in [2.05, 4.69) is 21.2 Å². The van der Waals surface area contributed by atoms with Gasteiger partial charge in [-0.25, -0.2) is 0 Å². The lowest BCUT2D eigenvalue weighted by Crippen LogP contribution is -2.14. The average molecular weight is 355 g/mol. The highest BCUT2D eigenvalue weighted by Gasteiger charge is 2.14. The van der Waals surface area contributed by atoms with Crippen molar-refractivity contribution >= 4 is 39.1 Å². The van der Waals surface area contributed by atoms with Gasteiger partial charge >= 0.3 is 0 Å². The van der Waals surface area contributed by atoms with Gasteiger partial charge in [0.1, 0.15) is 5.75 Å². The van der Waals surface area contributed by atoms with Crippen LogP contribution in [0, 0.1) is 0 Å². The molecule has 5 heteroatoms. The van der Waals surface area contributed by atoms with Gasteiger partial charge < -0.3 is 10.1 Å². The van der Waals surface area contributed by atoms with Crippen molar-refractivity contribution < 1.29 is 9.53 Å². The summed E-state index contributed by atoms with van der Waals surface area (Å²) in [5.41, 5.74) is 1.11. The molecule has 2 aromatic carbocycles. The third kappa shape index (κ3) is 3.32. The normalized spacial score (nSPS) is 10.2. The van der Waals surface area contributed by atoms with Gasteiger partial charge in [-0.2, -0.15) is 0 Å². The van der Waals surface area contributed by atoms with E-state index in [1.807, 2.05) is 13.0 Å². The fourth-order valence-electron chi connectivity index (χ4n) is 1.73. The molecule has 2 rings (SSSR count). The molecule has 0 aromatic heterocycles. The summed E-state index contributed by atoms with van der Waals surface area (Å²) in [7, 11) is 0. The number of amides is 1. The minimum absolute atomic E-state index is 0.239. The van der Waals surface area contributed by atoms with Crippen LogP contribution in [-0.2, 0) is 0 Å². The summed E-state index contributed by atoms with van der Waals surface area (Å²) in [5, 5.41) is 3.36. The molecule has 0 bridgehead atoms. The first-order chi connectivity index (χ1) is 9.63. The smallest absolute Gasteiger partial charge is 0.259 e. The van der Waals surface area contributed by atoms with Crippen LogP contribution in [-0.4, -0.2) is 12.5 Å². The van der Waals surface area contributed by atoms with E-state index in [1.54, 1.807) is 36.4 Å². The largest absolute Gasteiger partial charge is 0.493 e. The molecule has 0 heterocycles. The average Bonchev–Trinajstić information content (AvgIpc) is 2.45. The third-order valence-corrected chi connectivity index (χ3v) is 4.03. The van der Waals surface area contributed by atoms with Gasteiger partial charge in [-0.15, -0.1) is 0 Å². The van der Waals surface area contributed by atoms with E-state index >= 15 is 0 Å². The molecule has 0 aliphatic heterocycles. The van der Waals surface area contributed by atoms with Gasteiger partial charge in [0.15, 0.2) is 0 Å². The molecule has 20 heavy (non-hydrogen) atoms. The fraction of sp³-hybridized carbons (Fsp3) is 0.133. The number of anilines is 1. The van der Waals surface area contributed by atoms with Crippen LogP contribution in [0.15, 0.2) is 46.9 Å². The molecule has 2 aromatic rings. The van der Waals surface area contributed by atoms with Crippen molar-refractivity contribution in [3.05, 3.63) is 57.5 Å². The molecule has 0 saturated heterocycles. The van der Waals surface area contributed by atoms with Crippen molar-refractivity contribution in [3.63, 3.8) is 0 Å². The molecule has 1 amide bonds. The fourth-order valence-corrected chi connectivity index (χ4v) is 2.26. The number of nitrogens with one attached hydrogen (secondary N) is 1. The molecular weight excluding hydrogens is 342 g/mol. The molecular formula is C15H13BrClNO2. The Hall–Kier alpha value is -1.52. The number of rotatable bonds is 4. The number of hydrogen-bond acceptors (Lipinski definition) is 2. The zero-order valence-electron chi connectivity index (χ0n) is 10.8. The molecule has 0 spiro atoms. The van der Waals surface area contributed by atoms with E-state index in [-0.39, 0.29) is 5.91 Å².